The summed E-state index contributed by atoms with van der Waals surface area (Å²) in [7, 11) is 0. The Bertz CT molecular complexity index is 1410. The predicted molar refractivity (Wildman–Crippen MR) is 149 cm³/mol. The smallest absolute Gasteiger partial charge is 0.266 e. The van der Waals surface area contributed by atoms with Gasteiger partial charge in [-0.3, -0.25) is 14.5 Å². The van der Waals surface area contributed by atoms with Crippen molar-refractivity contribution >= 4 is 67.7 Å². The highest BCUT2D eigenvalue weighted by Gasteiger charge is 2.32. The second-order valence-corrected chi connectivity index (χ2v) is 10.1. The quantitative estimate of drug-likeness (QED) is 0.186. The van der Waals surface area contributed by atoms with Crippen LogP contribution in [0.3, 0.4) is 0 Å². The van der Waals surface area contributed by atoms with Crippen LogP contribution in [-0.4, -0.2) is 27.6 Å². The number of amides is 2. The second kappa shape index (κ2) is 10.4. The zero-order valence-corrected chi connectivity index (χ0v) is 20.7. The molecule has 4 nitrogen and oxygen atoms in total. The molecule has 6 heteroatoms. The number of fused-ring (bicyclic) bond motifs is 2. The highest BCUT2D eigenvalue weighted by Crippen LogP contribution is 2.36. The molecule has 1 heterocycles. The van der Waals surface area contributed by atoms with E-state index in [2.05, 4.69) is 35.6 Å². The first-order valence-electron chi connectivity index (χ1n) is 11.6. The summed E-state index contributed by atoms with van der Waals surface area (Å²) in [5, 5.41) is 7.40. The Balaban J connectivity index is 1.29. The summed E-state index contributed by atoms with van der Waals surface area (Å²) < 4.78 is 0.537. The van der Waals surface area contributed by atoms with E-state index >= 15 is 0 Å². The first kappa shape index (κ1) is 23.3. The van der Waals surface area contributed by atoms with E-state index in [1.807, 2.05) is 60.7 Å². The van der Waals surface area contributed by atoms with Gasteiger partial charge in [0.15, 0.2) is 0 Å². The summed E-state index contributed by atoms with van der Waals surface area (Å²) in [6, 6.07) is 28.4. The van der Waals surface area contributed by atoms with Crippen LogP contribution in [0, 0.1) is 0 Å². The summed E-state index contributed by atoms with van der Waals surface area (Å²) >= 11 is 6.85. The van der Waals surface area contributed by atoms with Crippen LogP contribution < -0.4 is 5.32 Å². The fourth-order valence-corrected chi connectivity index (χ4v) is 5.60. The maximum absolute atomic E-state index is 13.2. The third-order valence-electron chi connectivity index (χ3n) is 6.08. The van der Waals surface area contributed by atoms with Crippen molar-refractivity contribution in [2.45, 2.75) is 19.4 Å². The minimum atomic E-state index is -0.0956. The van der Waals surface area contributed by atoms with Gasteiger partial charge in [0.2, 0.25) is 5.91 Å². The Morgan fingerprint density at radius 1 is 0.914 bits per heavy atom. The molecule has 0 radical (unpaired) electrons. The Labute approximate surface area is 214 Å². The fourth-order valence-electron chi connectivity index (χ4n) is 4.31. The van der Waals surface area contributed by atoms with Gasteiger partial charge in [0, 0.05) is 19.5 Å². The van der Waals surface area contributed by atoms with E-state index < -0.39 is 0 Å². The molecule has 1 saturated heterocycles. The highest BCUT2D eigenvalue weighted by atomic mass is 32.2. The van der Waals surface area contributed by atoms with Crippen LogP contribution in [0.5, 0.6) is 0 Å². The van der Waals surface area contributed by atoms with Gasteiger partial charge in [-0.25, -0.2) is 0 Å². The maximum atomic E-state index is 13.2. The Hall–Kier alpha value is -3.48. The van der Waals surface area contributed by atoms with Crippen LogP contribution >= 0.6 is 24.0 Å². The molecule has 35 heavy (non-hydrogen) atoms. The summed E-state index contributed by atoms with van der Waals surface area (Å²) in [4.78, 5) is 27.7. The lowest BCUT2D eigenvalue weighted by Crippen LogP contribution is -2.30. The van der Waals surface area contributed by atoms with E-state index in [1.54, 1.807) is 4.90 Å². The molecule has 1 aliphatic rings. The third kappa shape index (κ3) is 5.14. The van der Waals surface area contributed by atoms with Gasteiger partial charge in [0.25, 0.3) is 5.91 Å². The molecule has 0 aliphatic carbocycles. The summed E-state index contributed by atoms with van der Waals surface area (Å²) in [6.45, 7) is 0.930. The van der Waals surface area contributed by atoms with Gasteiger partial charge >= 0.3 is 0 Å². The molecule has 0 bridgehead atoms. The minimum absolute atomic E-state index is 0.0305. The number of rotatable bonds is 7. The van der Waals surface area contributed by atoms with Gasteiger partial charge in [-0.1, -0.05) is 103 Å². The lowest BCUT2D eigenvalue weighted by atomic mass is 9.96. The van der Waals surface area contributed by atoms with Gasteiger partial charge in [0.05, 0.1) is 4.91 Å². The SMILES string of the molecule is O=C(CCCN1C(=O)/C(=C/c2c3ccccc3cc3ccccc23)SC1=S)NCc1ccccc1. The number of nitrogens with zero attached hydrogens (tertiary/aromatic N) is 1. The molecule has 5 rings (SSSR count). The standard InChI is InChI=1S/C29H24N2O2S2/c32-27(30-19-20-9-2-1-3-10-20)15-8-16-31-28(33)26(35-29(31)34)18-25-23-13-6-4-11-21(23)17-22-12-5-7-14-24(22)25/h1-7,9-14,17-18H,8,15-16,19H2,(H,30,32)/b26-18-. The van der Waals surface area contributed by atoms with Crippen molar-refractivity contribution in [3.8, 4) is 0 Å². The van der Waals surface area contributed by atoms with E-state index in [-0.39, 0.29) is 11.8 Å². The molecule has 0 unspecified atom stereocenters. The molecular weight excluding hydrogens is 472 g/mol. The monoisotopic (exact) mass is 496 g/mol. The average Bonchev–Trinajstić information content (AvgIpc) is 3.15. The summed E-state index contributed by atoms with van der Waals surface area (Å²) in [5.41, 5.74) is 2.09. The van der Waals surface area contributed by atoms with Crippen molar-refractivity contribution in [3.63, 3.8) is 0 Å². The van der Waals surface area contributed by atoms with Crippen molar-refractivity contribution in [1.29, 1.82) is 0 Å². The van der Waals surface area contributed by atoms with Crippen LogP contribution in [0.2, 0.25) is 0 Å². The zero-order valence-electron chi connectivity index (χ0n) is 19.1. The summed E-state index contributed by atoms with van der Waals surface area (Å²) in [5.74, 6) is -0.126. The molecule has 2 amide bonds. The van der Waals surface area contributed by atoms with E-state index in [0.717, 1.165) is 32.7 Å². The van der Waals surface area contributed by atoms with Crippen molar-refractivity contribution in [2.24, 2.45) is 0 Å². The molecule has 0 atom stereocenters. The molecule has 1 N–H and O–H groups in total. The average molecular weight is 497 g/mol. The van der Waals surface area contributed by atoms with Crippen molar-refractivity contribution < 1.29 is 9.59 Å². The normalized spacial score (nSPS) is 14.9. The number of carbonyl (C=O) groups excluding carboxylic acids is 2. The number of hydrogen-bond acceptors (Lipinski definition) is 4. The summed E-state index contributed by atoms with van der Waals surface area (Å²) in [6.07, 6.45) is 2.87. The molecule has 0 aromatic heterocycles. The third-order valence-corrected chi connectivity index (χ3v) is 7.46. The number of thioether (sulfide) groups is 1. The molecule has 1 fully saturated rings. The minimum Gasteiger partial charge on any atom is -0.352 e. The molecule has 1 aliphatic heterocycles. The van der Waals surface area contributed by atoms with Gasteiger partial charge in [-0.05, 0) is 51.2 Å². The molecule has 0 saturated carbocycles. The highest BCUT2D eigenvalue weighted by molar-refractivity contribution is 8.26. The van der Waals surface area contributed by atoms with Gasteiger partial charge in [-0.15, -0.1) is 0 Å². The number of benzene rings is 4. The number of thiocarbonyl (C=S) groups is 1. The number of carbonyl (C=O) groups is 2. The maximum Gasteiger partial charge on any atom is 0.266 e. The van der Waals surface area contributed by atoms with Crippen LogP contribution in [0.4, 0.5) is 0 Å². The number of nitrogens with one attached hydrogen (secondary N) is 1. The fraction of sp³-hybridized carbons (Fsp3) is 0.138. The van der Waals surface area contributed by atoms with Crippen molar-refractivity contribution in [1.82, 2.24) is 10.2 Å². The van der Waals surface area contributed by atoms with E-state index in [9.17, 15) is 9.59 Å². The van der Waals surface area contributed by atoms with E-state index in [4.69, 9.17) is 12.2 Å². The molecule has 0 spiro atoms. The number of hydrogen-bond donors (Lipinski definition) is 1. The molecule has 174 valence electrons. The van der Waals surface area contributed by atoms with Crippen LogP contribution in [0.15, 0.2) is 89.8 Å². The van der Waals surface area contributed by atoms with Crippen molar-refractivity contribution in [2.75, 3.05) is 6.54 Å². The van der Waals surface area contributed by atoms with Gasteiger partial charge in [0.1, 0.15) is 4.32 Å². The lowest BCUT2D eigenvalue weighted by Gasteiger charge is -2.14. The van der Waals surface area contributed by atoms with Crippen molar-refractivity contribution in [3.05, 3.63) is 101 Å². The molecule has 4 aromatic rings. The predicted octanol–water partition coefficient (Wildman–Crippen LogP) is 6.29. The first-order valence-corrected chi connectivity index (χ1v) is 12.8. The van der Waals surface area contributed by atoms with E-state index in [1.165, 1.54) is 11.8 Å². The van der Waals surface area contributed by atoms with E-state index in [0.29, 0.717) is 35.2 Å². The lowest BCUT2D eigenvalue weighted by molar-refractivity contribution is -0.124. The second-order valence-electron chi connectivity index (χ2n) is 8.43. The zero-order chi connectivity index (χ0) is 24.2. The molecular formula is C29H24N2O2S2. The van der Waals surface area contributed by atoms with Gasteiger partial charge in [-0.2, -0.15) is 0 Å². The van der Waals surface area contributed by atoms with Crippen LogP contribution in [0.25, 0.3) is 27.6 Å². The van der Waals surface area contributed by atoms with Crippen LogP contribution in [-0.2, 0) is 16.1 Å². The Kier molecular flexibility index (Phi) is 6.93. The Morgan fingerprint density at radius 3 is 2.23 bits per heavy atom. The van der Waals surface area contributed by atoms with Gasteiger partial charge < -0.3 is 5.32 Å². The van der Waals surface area contributed by atoms with Crippen LogP contribution in [0.1, 0.15) is 24.0 Å². The Morgan fingerprint density at radius 2 is 1.54 bits per heavy atom. The largest absolute Gasteiger partial charge is 0.352 e. The molecule has 4 aromatic carbocycles. The topological polar surface area (TPSA) is 49.4 Å². The first-order chi connectivity index (χ1) is 17.1.